The van der Waals surface area contributed by atoms with Crippen molar-refractivity contribution in [3.63, 3.8) is 0 Å². The van der Waals surface area contributed by atoms with Gasteiger partial charge in [-0.2, -0.15) is 0 Å². The maximum Gasteiger partial charge on any atom is 0.299 e. The van der Waals surface area contributed by atoms with Gasteiger partial charge in [0.25, 0.3) is 11.4 Å². The maximum absolute atomic E-state index is 12.6. The third-order valence-electron chi connectivity index (χ3n) is 6.14. The summed E-state index contributed by atoms with van der Waals surface area (Å²) in [6.45, 7) is 4.90. The fourth-order valence-electron chi connectivity index (χ4n) is 4.23. The molecule has 0 aromatic heterocycles. The Morgan fingerprint density at radius 2 is 1.47 bits per heavy atom. The van der Waals surface area contributed by atoms with Crippen molar-refractivity contribution in [2.75, 3.05) is 38.0 Å². The van der Waals surface area contributed by atoms with Gasteiger partial charge in [-0.15, -0.1) is 0 Å². The zero-order valence-electron chi connectivity index (χ0n) is 19.7. The van der Waals surface area contributed by atoms with Crippen molar-refractivity contribution in [1.29, 1.82) is 0 Å². The molecule has 3 aromatic rings. The van der Waals surface area contributed by atoms with Crippen molar-refractivity contribution in [2.24, 2.45) is 0 Å². The molecule has 0 amide bonds. The quantitative estimate of drug-likeness (QED) is 0.333. The van der Waals surface area contributed by atoms with Gasteiger partial charge in [-0.1, -0.05) is 42.5 Å². The summed E-state index contributed by atoms with van der Waals surface area (Å²) in [5, 5.41) is 25.2. The Kier molecular flexibility index (Phi) is 7.99. The minimum absolute atomic E-state index is 0.137. The number of Topliss-reactive ketones (excluding diaryl/α,β-unsaturated/α-hetero) is 1. The molecular weight excluding hydrogens is 462 g/mol. The molecule has 1 saturated heterocycles. The van der Waals surface area contributed by atoms with Gasteiger partial charge >= 0.3 is 0 Å². The zero-order valence-corrected chi connectivity index (χ0v) is 19.7. The number of nitro benzene ring substituents is 2. The Labute approximate surface area is 208 Å². The van der Waals surface area contributed by atoms with Gasteiger partial charge in [0.15, 0.2) is 5.78 Å². The topological polar surface area (TPSA) is 122 Å². The van der Waals surface area contributed by atoms with Gasteiger partial charge in [0.2, 0.25) is 0 Å². The van der Waals surface area contributed by atoms with Crippen LogP contribution >= 0.6 is 0 Å². The van der Waals surface area contributed by atoms with Gasteiger partial charge in [0.1, 0.15) is 5.69 Å². The molecule has 36 heavy (non-hydrogen) atoms. The number of benzene rings is 3. The number of nitrogens with zero attached hydrogens (tertiary/aromatic N) is 4. The lowest BCUT2D eigenvalue weighted by Crippen LogP contribution is -2.47. The first-order chi connectivity index (χ1) is 17.4. The van der Waals surface area contributed by atoms with Gasteiger partial charge in [-0.05, 0) is 29.3 Å². The van der Waals surface area contributed by atoms with E-state index in [-0.39, 0.29) is 22.8 Å². The van der Waals surface area contributed by atoms with Crippen LogP contribution in [0.2, 0.25) is 0 Å². The molecule has 0 bridgehead atoms. The monoisotopic (exact) mass is 489 g/mol. The molecule has 1 aliphatic heterocycles. The van der Waals surface area contributed by atoms with Crippen LogP contribution in [-0.2, 0) is 17.8 Å². The van der Waals surface area contributed by atoms with Crippen molar-refractivity contribution in [2.45, 2.75) is 13.0 Å². The molecule has 0 saturated carbocycles. The Bertz CT molecular complexity index is 1230. The number of nitro groups is 2. The van der Waals surface area contributed by atoms with Crippen LogP contribution in [0.1, 0.15) is 11.1 Å². The van der Waals surface area contributed by atoms with Crippen LogP contribution in [-0.4, -0.2) is 58.2 Å². The summed E-state index contributed by atoms with van der Waals surface area (Å²) in [7, 11) is 0. The van der Waals surface area contributed by atoms with Gasteiger partial charge in [0.05, 0.1) is 22.5 Å². The average molecular weight is 490 g/mol. The molecular formula is C26H27N5O5. The van der Waals surface area contributed by atoms with Crippen molar-refractivity contribution in [3.05, 3.63) is 104 Å². The first kappa shape index (κ1) is 25.0. The fourth-order valence-corrected chi connectivity index (χ4v) is 4.23. The van der Waals surface area contributed by atoms with E-state index in [1.807, 2.05) is 18.2 Å². The van der Waals surface area contributed by atoms with Crippen molar-refractivity contribution in [3.8, 4) is 0 Å². The number of ketones is 1. The van der Waals surface area contributed by atoms with Gasteiger partial charge in [-0.3, -0.25) is 34.8 Å². The van der Waals surface area contributed by atoms with E-state index >= 15 is 0 Å². The lowest BCUT2D eigenvalue weighted by Gasteiger charge is -2.34. The Balaban J connectivity index is 1.27. The van der Waals surface area contributed by atoms with E-state index in [4.69, 9.17) is 0 Å². The summed E-state index contributed by atoms with van der Waals surface area (Å²) in [5.74, 6) is 0.137. The van der Waals surface area contributed by atoms with Gasteiger partial charge < -0.3 is 5.32 Å². The van der Waals surface area contributed by atoms with E-state index in [2.05, 4.69) is 27.2 Å². The predicted octanol–water partition coefficient (Wildman–Crippen LogP) is 4.18. The first-order valence-electron chi connectivity index (χ1n) is 11.7. The molecule has 186 valence electrons. The van der Waals surface area contributed by atoms with E-state index in [0.717, 1.165) is 44.4 Å². The van der Waals surface area contributed by atoms with Crippen molar-refractivity contribution < 1.29 is 14.6 Å². The second kappa shape index (κ2) is 11.5. The lowest BCUT2D eigenvalue weighted by atomic mass is 10.1. The number of carbonyl (C=O) groups is 1. The zero-order chi connectivity index (χ0) is 25.5. The average Bonchev–Trinajstić information content (AvgIpc) is 2.87. The molecule has 0 unspecified atom stereocenters. The van der Waals surface area contributed by atoms with E-state index in [1.165, 1.54) is 17.7 Å². The summed E-state index contributed by atoms with van der Waals surface area (Å²) in [6.07, 6.45) is 0.308. The lowest BCUT2D eigenvalue weighted by molar-refractivity contribution is -0.393. The number of rotatable bonds is 10. The van der Waals surface area contributed by atoms with Crippen LogP contribution in [0.5, 0.6) is 0 Å². The molecule has 10 nitrogen and oxygen atoms in total. The standard InChI is InChI=1S/C26H27N5O5/c32-24(19-29-14-12-28(13-15-29)18-21-4-2-1-3-5-21)16-20-6-8-22(9-7-20)27-25-11-10-23(30(33)34)17-26(25)31(35)36/h1-11,17,27H,12-16,18-19H2. The van der Waals surface area contributed by atoms with Gasteiger partial charge in [-0.25, -0.2) is 0 Å². The fraction of sp³-hybridized carbons (Fsp3) is 0.269. The molecule has 4 rings (SSSR count). The number of piperazine rings is 1. The molecule has 0 radical (unpaired) electrons. The largest absolute Gasteiger partial charge is 0.350 e. The molecule has 0 spiro atoms. The van der Waals surface area contributed by atoms with E-state index in [1.54, 1.807) is 24.3 Å². The summed E-state index contributed by atoms with van der Waals surface area (Å²) >= 11 is 0. The highest BCUT2D eigenvalue weighted by Gasteiger charge is 2.21. The second-order valence-electron chi connectivity index (χ2n) is 8.79. The normalized spacial score (nSPS) is 14.3. The highest BCUT2D eigenvalue weighted by atomic mass is 16.6. The van der Waals surface area contributed by atoms with Crippen LogP contribution in [0.3, 0.4) is 0 Å². The predicted molar refractivity (Wildman–Crippen MR) is 136 cm³/mol. The Hall–Kier alpha value is -4.15. The molecule has 0 aliphatic carbocycles. The molecule has 3 aromatic carbocycles. The van der Waals surface area contributed by atoms with E-state index in [9.17, 15) is 25.0 Å². The Morgan fingerprint density at radius 1 is 0.806 bits per heavy atom. The van der Waals surface area contributed by atoms with Crippen molar-refractivity contribution >= 4 is 28.5 Å². The molecule has 1 N–H and O–H groups in total. The number of nitrogens with one attached hydrogen (secondary N) is 1. The molecule has 0 atom stereocenters. The highest BCUT2D eigenvalue weighted by Crippen LogP contribution is 2.31. The molecule has 1 aliphatic rings. The number of anilines is 2. The third kappa shape index (κ3) is 6.71. The highest BCUT2D eigenvalue weighted by molar-refractivity contribution is 5.83. The van der Waals surface area contributed by atoms with Crippen LogP contribution < -0.4 is 5.32 Å². The number of hydrogen-bond acceptors (Lipinski definition) is 8. The third-order valence-corrected chi connectivity index (χ3v) is 6.14. The van der Waals surface area contributed by atoms with Crippen LogP contribution in [0.15, 0.2) is 72.8 Å². The molecule has 1 fully saturated rings. The van der Waals surface area contributed by atoms with E-state index < -0.39 is 9.85 Å². The maximum atomic E-state index is 12.6. The first-order valence-corrected chi connectivity index (χ1v) is 11.7. The smallest absolute Gasteiger partial charge is 0.299 e. The van der Waals surface area contributed by atoms with Crippen LogP contribution in [0.4, 0.5) is 22.7 Å². The Morgan fingerprint density at radius 3 is 2.11 bits per heavy atom. The van der Waals surface area contributed by atoms with E-state index in [0.29, 0.717) is 18.7 Å². The molecule has 10 heteroatoms. The summed E-state index contributed by atoms with van der Waals surface area (Å²) < 4.78 is 0. The number of hydrogen-bond donors (Lipinski definition) is 1. The second-order valence-corrected chi connectivity index (χ2v) is 8.79. The van der Waals surface area contributed by atoms with Crippen LogP contribution in [0.25, 0.3) is 0 Å². The molecule has 1 heterocycles. The summed E-state index contributed by atoms with van der Waals surface area (Å²) in [6, 6.07) is 20.9. The minimum atomic E-state index is -0.673. The number of non-ortho nitro benzene ring substituents is 1. The minimum Gasteiger partial charge on any atom is -0.350 e. The van der Waals surface area contributed by atoms with Gasteiger partial charge in [0, 0.05) is 50.9 Å². The summed E-state index contributed by atoms with van der Waals surface area (Å²) in [5.41, 5.74) is 2.15. The SMILES string of the molecule is O=C(Cc1ccc(Nc2ccc([N+](=O)[O-])cc2[N+](=O)[O-])cc1)CN1CCN(Cc2ccccc2)CC1. The van der Waals surface area contributed by atoms with Crippen molar-refractivity contribution in [1.82, 2.24) is 9.80 Å². The number of carbonyl (C=O) groups excluding carboxylic acids is 1. The summed E-state index contributed by atoms with van der Waals surface area (Å²) in [4.78, 5) is 38.1. The van der Waals surface area contributed by atoms with Crippen LogP contribution in [0, 0.1) is 20.2 Å².